The highest BCUT2D eigenvalue weighted by Gasteiger charge is 2.21. The second kappa shape index (κ2) is 4.18. The first kappa shape index (κ1) is 11.6. The van der Waals surface area contributed by atoms with Crippen molar-refractivity contribution in [3.63, 3.8) is 0 Å². The van der Waals surface area contributed by atoms with Crippen LogP contribution in [0.25, 0.3) is 11.5 Å². The molecule has 0 bridgehead atoms. The van der Waals surface area contributed by atoms with Crippen molar-refractivity contribution in [1.82, 2.24) is 4.98 Å². The highest BCUT2D eigenvalue weighted by atomic mass is 16.6. The maximum absolute atomic E-state index is 10.9. The lowest BCUT2D eigenvalue weighted by atomic mass is 10.1. The van der Waals surface area contributed by atoms with Crippen molar-refractivity contribution in [2.75, 3.05) is 5.73 Å². The number of nitriles is 1. The molecule has 0 amide bonds. The smallest absolute Gasteiger partial charge is 0.282 e. The summed E-state index contributed by atoms with van der Waals surface area (Å²) in [4.78, 5) is 14.2. The van der Waals surface area contributed by atoms with Gasteiger partial charge >= 0.3 is 0 Å². The maximum atomic E-state index is 10.9. The number of nitrogen functional groups attached to an aromatic ring is 1. The molecule has 0 unspecified atom stereocenters. The summed E-state index contributed by atoms with van der Waals surface area (Å²) >= 11 is 0. The van der Waals surface area contributed by atoms with Gasteiger partial charge in [0.1, 0.15) is 11.6 Å². The minimum absolute atomic E-state index is 0.0283. The van der Waals surface area contributed by atoms with Gasteiger partial charge < -0.3 is 10.2 Å². The maximum Gasteiger partial charge on any atom is 0.282 e. The monoisotopic (exact) mass is 244 g/mol. The van der Waals surface area contributed by atoms with Gasteiger partial charge in [-0.1, -0.05) is 6.07 Å². The SMILES string of the molecule is Cc1ccc([N+](=O)[O-])c(-c2nc(C#N)c(N)o2)c1. The van der Waals surface area contributed by atoms with E-state index >= 15 is 0 Å². The number of nitro benzene ring substituents is 1. The molecular weight excluding hydrogens is 236 g/mol. The number of anilines is 1. The van der Waals surface area contributed by atoms with Crippen LogP contribution in [0.1, 0.15) is 11.3 Å². The molecule has 0 aliphatic heterocycles. The van der Waals surface area contributed by atoms with E-state index in [-0.39, 0.29) is 28.7 Å². The number of nitrogens with two attached hydrogens (primary N) is 1. The quantitative estimate of drug-likeness (QED) is 0.637. The second-order valence-electron chi connectivity index (χ2n) is 3.62. The zero-order chi connectivity index (χ0) is 13.3. The van der Waals surface area contributed by atoms with E-state index in [0.29, 0.717) is 0 Å². The summed E-state index contributed by atoms with van der Waals surface area (Å²) in [6.07, 6.45) is 0. The first-order valence-corrected chi connectivity index (χ1v) is 4.94. The molecule has 0 atom stereocenters. The Labute approximate surface area is 102 Å². The van der Waals surface area contributed by atoms with Gasteiger partial charge in [0.15, 0.2) is 0 Å². The molecule has 0 aliphatic carbocycles. The minimum atomic E-state index is -0.540. The summed E-state index contributed by atoms with van der Waals surface area (Å²) in [6, 6.07) is 6.28. The Morgan fingerprint density at radius 3 is 2.83 bits per heavy atom. The Morgan fingerprint density at radius 1 is 1.56 bits per heavy atom. The van der Waals surface area contributed by atoms with Crippen LogP contribution >= 0.6 is 0 Å². The molecule has 1 aromatic heterocycles. The Bertz CT molecular complexity index is 669. The summed E-state index contributed by atoms with van der Waals surface area (Å²) in [5.74, 6) is -0.178. The summed E-state index contributed by atoms with van der Waals surface area (Å²) < 4.78 is 5.08. The topological polar surface area (TPSA) is 119 Å². The molecule has 0 spiro atoms. The van der Waals surface area contributed by atoms with E-state index in [2.05, 4.69) is 4.98 Å². The molecule has 0 radical (unpaired) electrons. The van der Waals surface area contributed by atoms with Gasteiger partial charge in [0.05, 0.1) is 4.92 Å². The number of nitro groups is 1. The molecule has 1 heterocycles. The number of nitrogens with zero attached hydrogens (tertiary/aromatic N) is 3. The predicted molar refractivity (Wildman–Crippen MR) is 62.5 cm³/mol. The normalized spacial score (nSPS) is 10.0. The third kappa shape index (κ3) is 1.87. The van der Waals surface area contributed by atoms with E-state index in [1.54, 1.807) is 25.1 Å². The van der Waals surface area contributed by atoms with Crippen LogP contribution in [0.4, 0.5) is 11.6 Å². The lowest BCUT2D eigenvalue weighted by Crippen LogP contribution is -1.92. The number of aryl methyl sites for hydroxylation is 1. The third-order valence-corrected chi connectivity index (χ3v) is 2.34. The summed E-state index contributed by atoms with van der Waals surface area (Å²) in [7, 11) is 0. The van der Waals surface area contributed by atoms with Gasteiger partial charge in [-0.15, -0.1) is 0 Å². The van der Waals surface area contributed by atoms with Crippen molar-refractivity contribution in [2.24, 2.45) is 0 Å². The molecular formula is C11H8N4O3. The fraction of sp³-hybridized carbons (Fsp3) is 0.0909. The highest BCUT2D eigenvalue weighted by molar-refractivity contribution is 5.69. The van der Waals surface area contributed by atoms with Gasteiger partial charge in [0, 0.05) is 6.07 Å². The van der Waals surface area contributed by atoms with Crippen molar-refractivity contribution < 1.29 is 9.34 Å². The number of benzene rings is 1. The minimum Gasteiger partial charge on any atom is -0.419 e. The fourth-order valence-corrected chi connectivity index (χ4v) is 1.51. The Morgan fingerprint density at radius 2 is 2.28 bits per heavy atom. The first-order chi connectivity index (χ1) is 8.52. The lowest BCUT2D eigenvalue weighted by Gasteiger charge is -1.99. The van der Waals surface area contributed by atoms with Crippen molar-refractivity contribution in [3.05, 3.63) is 39.6 Å². The molecule has 0 aliphatic rings. The molecule has 7 heteroatoms. The van der Waals surface area contributed by atoms with Gasteiger partial charge in [0.25, 0.3) is 5.69 Å². The van der Waals surface area contributed by atoms with Gasteiger partial charge in [-0.3, -0.25) is 10.1 Å². The number of rotatable bonds is 2. The lowest BCUT2D eigenvalue weighted by molar-refractivity contribution is -0.384. The van der Waals surface area contributed by atoms with Crippen molar-refractivity contribution in [2.45, 2.75) is 6.92 Å². The van der Waals surface area contributed by atoms with Crippen LogP contribution in [0.3, 0.4) is 0 Å². The number of oxazole rings is 1. The second-order valence-corrected chi connectivity index (χ2v) is 3.62. The van der Waals surface area contributed by atoms with Crippen LogP contribution < -0.4 is 5.73 Å². The van der Waals surface area contributed by atoms with Crippen LogP contribution in [0.5, 0.6) is 0 Å². The van der Waals surface area contributed by atoms with Gasteiger partial charge in [-0.05, 0) is 18.6 Å². The van der Waals surface area contributed by atoms with Crippen LogP contribution in [0.15, 0.2) is 22.6 Å². The van der Waals surface area contributed by atoms with Crippen LogP contribution in [-0.2, 0) is 0 Å². The molecule has 0 saturated carbocycles. The predicted octanol–water partition coefficient (Wildman–Crippen LogP) is 2.01. The largest absolute Gasteiger partial charge is 0.419 e. The average molecular weight is 244 g/mol. The molecule has 2 rings (SSSR count). The summed E-state index contributed by atoms with van der Waals surface area (Å²) in [5, 5.41) is 19.6. The average Bonchev–Trinajstić information content (AvgIpc) is 2.70. The Hall–Kier alpha value is -2.88. The van der Waals surface area contributed by atoms with E-state index in [0.717, 1.165) is 5.56 Å². The summed E-state index contributed by atoms with van der Waals surface area (Å²) in [5.41, 5.74) is 6.22. The van der Waals surface area contributed by atoms with Gasteiger partial charge in [-0.2, -0.15) is 10.2 Å². The summed E-state index contributed by atoms with van der Waals surface area (Å²) in [6.45, 7) is 1.78. The van der Waals surface area contributed by atoms with E-state index in [9.17, 15) is 10.1 Å². The standard InChI is InChI=1S/C11H8N4O3/c1-6-2-3-9(15(16)17)7(4-6)11-14-8(5-12)10(13)18-11/h2-4H,13H2,1H3. The van der Waals surface area contributed by atoms with Crippen LogP contribution in [0, 0.1) is 28.4 Å². The highest BCUT2D eigenvalue weighted by Crippen LogP contribution is 2.31. The van der Waals surface area contributed by atoms with E-state index < -0.39 is 4.92 Å². The first-order valence-electron chi connectivity index (χ1n) is 4.94. The van der Waals surface area contributed by atoms with E-state index in [4.69, 9.17) is 15.4 Å². The zero-order valence-corrected chi connectivity index (χ0v) is 9.38. The molecule has 1 aromatic carbocycles. The van der Waals surface area contributed by atoms with Crippen LogP contribution in [0.2, 0.25) is 0 Å². The Kier molecular flexibility index (Phi) is 2.69. The molecule has 7 nitrogen and oxygen atoms in total. The third-order valence-electron chi connectivity index (χ3n) is 2.34. The van der Waals surface area contributed by atoms with E-state index in [1.807, 2.05) is 0 Å². The van der Waals surface area contributed by atoms with Crippen molar-refractivity contribution in [1.29, 1.82) is 5.26 Å². The van der Waals surface area contributed by atoms with Gasteiger partial charge in [0.2, 0.25) is 17.5 Å². The molecule has 2 aromatic rings. The fourth-order valence-electron chi connectivity index (χ4n) is 1.51. The molecule has 90 valence electrons. The Balaban J connectivity index is 2.66. The van der Waals surface area contributed by atoms with Crippen molar-refractivity contribution >= 4 is 11.6 Å². The molecule has 2 N–H and O–H groups in total. The molecule has 18 heavy (non-hydrogen) atoms. The van der Waals surface area contributed by atoms with Crippen molar-refractivity contribution in [3.8, 4) is 17.5 Å². The molecule has 0 saturated heterocycles. The zero-order valence-electron chi connectivity index (χ0n) is 9.38. The number of aromatic nitrogens is 1. The van der Waals surface area contributed by atoms with E-state index in [1.165, 1.54) is 6.07 Å². The molecule has 0 fully saturated rings. The number of hydrogen-bond acceptors (Lipinski definition) is 6. The number of hydrogen-bond donors (Lipinski definition) is 1. The van der Waals surface area contributed by atoms with Crippen LogP contribution in [-0.4, -0.2) is 9.91 Å². The van der Waals surface area contributed by atoms with Gasteiger partial charge in [-0.25, -0.2) is 0 Å².